The van der Waals surface area contributed by atoms with Gasteiger partial charge in [0, 0.05) is 42.3 Å². The van der Waals surface area contributed by atoms with E-state index in [1.165, 1.54) is 0 Å². The average molecular weight is 269 g/mol. The molecular formula is C16H19N3O. The highest BCUT2D eigenvalue weighted by molar-refractivity contribution is 5.98. The number of hydrogen-bond donors (Lipinski definition) is 1. The van der Waals surface area contributed by atoms with Crippen LogP contribution in [-0.2, 0) is 0 Å². The first-order chi connectivity index (χ1) is 9.65. The lowest BCUT2D eigenvalue weighted by atomic mass is 10.1. The van der Waals surface area contributed by atoms with E-state index in [1.807, 2.05) is 35.2 Å². The normalized spacial score (nSPS) is 23.0. The predicted octanol–water partition coefficient (Wildman–Crippen LogP) is 2.06. The minimum atomic E-state index is 0.108. The molecular weight excluding hydrogens is 250 g/mol. The SMILES string of the molecule is CC1CN(C(=O)c2ccc3ncccc3c2)C(C)CN1. The first-order valence-corrected chi connectivity index (χ1v) is 7.04. The van der Waals surface area contributed by atoms with E-state index in [-0.39, 0.29) is 11.9 Å². The number of rotatable bonds is 1. The molecule has 1 aromatic heterocycles. The fourth-order valence-electron chi connectivity index (χ4n) is 2.68. The molecule has 0 saturated carbocycles. The van der Waals surface area contributed by atoms with E-state index in [1.54, 1.807) is 6.20 Å². The zero-order valence-corrected chi connectivity index (χ0v) is 11.8. The molecule has 0 aliphatic carbocycles. The Morgan fingerprint density at radius 3 is 3.05 bits per heavy atom. The fraction of sp³-hybridized carbons (Fsp3) is 0.375. The van der Waals surface area contributed by atoms with E-state index in [9.17, 15) is 4.79 Å². The highest BCUT2D eigenvalue weighted by Crippen LogP contribution is 2.17. The van der Waals surface area contributed by atoms with Gasteiger partial charge in [-0.05, 0) is 38.1 Å². The van der Waals surface area contributed by atoms with Gasteiger partial charge in [0.25, 0.3) is 5.91 Å². The molecule has 4 heteroatoms. The number of hydrogen-bond acceptors (Lipinski definition) is 3. The molecule has 1 saturated heterocycles. The Labute approximate surface area is 118 Å². The number of nitrogens with zero attached hydrogens (tertiary/aromatic N) is 2. The smallest absolute Gasteiger partial charge is 0.254 e. The van der Waals surface area contributed by atoms with Gasteiger partial charge in [-0.1, -0.05) is 6.07 Å². The predicted molar refractivity (Wildman–Crippen MR) is 79.7 cm³/mol. The number of carbonyl (C=O) groups is 1. The zero-order valence-electron chi connectivity index (χ0n) is 11.8. The molecule has 0 radical (unpaired) electrons. The number of piperazine rings is 1. The Morgan fingerprint density at radius 2 is 2.20 bits per heavy atom. The van der Waals surface area contributed by atoms with Gasteiger partial charge in [0.1, 0.15) is 0 Å². The van der Waals surface area contributed by atoms with Crippen molar-refractivity contribution < 1.29 is 4.79 Å². The van der Waals surface area contributed by atoms with Crippen LogP contribution in [-0.4, -0.2) is 41.0 Å². The van der Waals surface area contributed by atoms with E-state index < -0.39 is 0 Å². The lowest BCUT2D eigenvalue weighted by Gasteiger charge is -2.37. The Bertz CT molecular complexity index is 640. The fourth-order valence-corrected chi connectivity index (χ4v) is 2.68. The van der Waals surface area contributed by atoms with Crippen molar-refractivity contribution in [2.24, 2.45) is 0 Å². The Kier molecular flexibility index (Phi) is 3.40. The number of benzene rings is 1. The second-order valence-electron chi connectivity index (χ2n) is 5.53. The topological polar surface area (TPSA) is 45.2 Å². The second-order valence-corrected chi connectivity index (χ2v) is 5.53. The molecule has 2 atom stereocenters. The molecule has 104 valence electrons. The van der Waals surface area contributed by atoms with Gasteiger partial charge in [-0.2, -0.15) is 0 Å². The standard InChI is InChI=1S/C16H19N3O/c1-11-10-19(12(2)9-18-11)16(20)14-5-6-15-13(8-14)4-3-7-17-15/h3-8,11-12,18H,9-10H2,1-2H3. The Hall–Kier alpha value is -1.94. The van der Waals surface area contributed by atoms with E-state index >= 15 is 0 Å². The van der Waals surface area contributed by atoms with Crippen molar-refractivity contribution in [1.29, 1.82) is 0 Å². The van der Waals surface area contributed by atoms with Gasteiger partial charge in [-0.3, -0.25) is 9.78 Å². The van der Waals surface area contributed by atoms with Crippen LogP contribution >= 0.6 is 0 Å². The van der Waals surface area contributed by atoms with E-state index in [0.29, 0.717) is 6.04 Å². The number of fused-ring (bicyclic) bond motifs is 1. The molecule has 1 N–H and O–H groups in total. The summed E-state index contributed by atoms with van der Waals surface area (Å²) in [6.45, 7) is 5.79. The molecule has 2 unspecified atom stereocenters. The minimum Gasteiger partial charge on any atom is -0.333 e. The third kappa shape index (κ3) is 2.39. The summed E-state index contributed by atoms with van der Waals surface area (Å²) in [5.74, 6) is 0.108. The van der Waals surface area contributed by atoms with Crippen LogP contribution in [0.1, 0.15) is 24.2 Å². The van der Waals surface area contributed by atoms with Crippen molar-refractivity contribution in [3.63, 3.8) is 0 Å². The van der Waals surface area contributed by atoms with Gasteiger partial charge in [0.15, 0.2) is 0 Å². The average Bonchev–Trinajstić information content (AvgIpc) is 2.48. The maximum Gasteiger partial charge on any atom is 0.254 e. The largest absolute Gasteiger partial charge is 0.333 e. The van der Waals surface area contributed by atoms with Crippen molar-refractivity contribution in [3.05, 3.63) is 42.1 Å². The summed E-state index contributed by atoms with van der Waals surface area (Å²) in [6.07, 6.45) is 1.77. The van der Waals surface area contributed by atoms with Crippen molar-refractivity contribution in [1.82, 2.24) is 15.2 Å². The Morgan fingerprint density at radius 1 is 1.35 bits per heavy atom. The van der Waals surface area contributed by atoms with Crippen molar-refractivity contribution in [2.45, 2.75) is 25.9 Å². The molecule has 20 heavy (non-hydrogen) atoms. The molecule has 2 heterocycles. The monoisotopic (exact) mass is 269 g/mol. The number of nitrogens with one attached hydrogen (secondary N) is 1. The zero-order chi connectivity index (χ0) is 14.1. The third-order valence-corrected chi connectivity index (χ3v) is 3.88. The van der Waals surface area contributed by atoms with Crippen molar-refractivity contribution in [2.75, 3.05) is 13.1 Å². The van der Waals surface area contributed by atoms with Crippen LogP contribution < -0.4 is 5.32 Å². The van der Waals surface area contributed by atoms with E-state index in [4.69, 9.17) is 0 Å². The summed E-state index contributed by atoms with van der Waals surface area (Å²) in [7, 11) is 0. The molecule has 0 bridgehead atoms. The van der Waals surface area contributed by atoms with Crippen LogP contribution in [0.2, 0.25) is 0 Å². The first-order valence-electron chi connectivity index (χ1n) is 7.04. The summed E-state index contributed by atoms with van der Waals surface area (Å²) in [5.41, 5.74) is 1.66. The van der Waals surface area contributed by atoms with Crippen molar-refractivity contribution in [3.8, 4) is 0 Å². The Balaban J connectivity index is 1.91. The van der Waals surface area contributed by atoms with Gasteiger partial charge in [0.05, 0.1) is 5.52 Å². The number of pyridine rings is 1. The van der Waals surface area contributed by atoms with Gasteiger partial charge in [-0.15, -0.1) is 0 Å². The summed E-state index contributed by atoms with van der Waals surface area (Å²) >= 11 is 0. The maximum absolute atomic E-state index is 12.7. The van der Waals surface area contributed by atoms with E-state index in [2.05, 4.69) is 24.1 Å². The quantitative estimate of drug-likeness (QED) is 0.862. The lowest BCUT2D eigenvalue weighted by Crippen LogP contribution is -2.56. The lowest BCUT2D eigenvalue weighted by molar-refractivity contribution is 0.0616. The molecule has 2 aromatic rings. The minimum absolute atomic E-state index is 0.108. The van der Waals surface area contributed by atoms with Gasteiger partial charge in [0.2, 0.25) is 0 Å². The summed E-state index contributed by atoms with van der Waals surface area (Å²) < 4.78 is 0. The molecule has 1 aliphatic heterocycles. The van der Waals surface area contributed by atoms with E-state index in [0.717, 1.165) is 29.6 Å². The number of carbonyl (C=O) groups excluding carboxylic acids is 1. The highest BCUT2D eigenvalue weighted by atomic mass is 16.2. The first kappa shape index (κ1) is 13.1. The third-order valence-electron chi connectivity index (χ3n) is 3.88. The van der Waals surface area contributed by atoms with Crippen LogP contribution in [0.25, 0.3) is 10.9 Å². The van der Waals surface area contributed by atoms with Crippen LogP contribution in [0, 0.1) is 0 Å². The molecule has 1 fully saturated rings. The van der Waals surface area contributed by atoms with Gasteiger partial charge in [-0.25, -0.2) is 0 Å². The molecule has 1 aromatic carbocycles. The number of aromatic nitrogens is 1. The van der Waals surface area contributed by atoms with Crippen LogP contribution in [0.15, 0.2) is 36.5 Å². The second kappa shape index (κ2) is 5.21. The van der Waals surface area contributed by atoms with Crippen molar-refractivity contribution >= 4 is 16.8 Å². The molecule has 1 aliphatic rings. The summed E-state index contributed by atoms with van der Waals surface area (Å²) in [6, 6.07) is 10.2. The highest BCUT2D eigenvalue weighted by Gasteiger charge is 2.27. The molecule has 1 amide bonds. The summed E-state index contributed by atoms with van der Waals surface area (Å²) in [5, 5.41) is 4.40. The molecule has 4 nitrogen and oxygen atoms in total. The van der Waals surface area contributed by atoms with Crippen LogP contribution in [0.5, 0.6) is 0 Å². The molecule has 3 rings (SSSR count). The molecule has 0 spiro atoms. The van der Waals surface area contributed by atoms with Crippen LogP contribution in [0.3, 0.4) is 0 Å². The van der Waals surface area contributed by atoms with Gasteiger partial charge < -0.3 is 10.2 Å². The van der Waals surface area contributed by atoms with Gasteiger partial charge >= 0.3 is 0 Å². The summed E-state index contributed by atoms with van der Waals surface area (Å²) in [4.78, 5) is 18.9. The number of amides is 1. The maximum atomic E-state index is 12.7. The van der Waals surface area contributed by atoms with Crippen LogP contribution in [0.4, 0.5) is 0 Å².